The monoisotopic (exact) mass is 255 g/mol. The van der Waals surface area contributed by atoms with Gasteiger partial charge in [-0.1, -0.05) is 51.9 Å². The van der Waals surface area contributed by atoms with Gasteiger partial charge in [0.15, 0.2) is 0 Å². The lowest BCUT2D eigenvalue weighted by atomic mass is 9.84. The first-order valence-electron chi connectivity index (χ1n) is 7.81. The van der Waals surface area contributed by atoms with Crippen molar-refractivity contribution < 1.29 is 0 Å². The molecule has 0 heterocycles. The summed E-state index contributed by atoms with van der Waals surface area (Å²) in [6, 6.07) is 0.455. The summed E-state index contributed by atoms with van der Waals surface area (Å²) in [7, 11) is 4.43. The van der Waals surface area contributed by atoms with Gasteiger partial charge in [-0.2, -0.15) is 0 Å². The molecule has 0 saturated heterocycles. The van der Waals surface area contributed by atoms with E-state index >= 15 is 0 Å². The van der Waals surface area contributed by atoms with Crippen LogP contribution in [0.15, 0.2) is 0 Å². The van der Waals surface area contributed by atoms with Gasteiger partial charge in [0.2, 0.25) is 0 Å². The van der Waals surface area contributed by atoms with E-state index in [1.165, 1.54) is 64.2 Å². The van der Waals surface area contributed by atoms with Crippen LogP contribution in [-0.4, -0.2) is 30.6 Å². The van der Waals surface area contributed by atoms with Gasteiger partial charge in [-0.15, -0.1) is 0 Å². The van der Waals surface area contributed by atoms with Crippen molar-refractivity contribution >= 4 is 0 Å². The fourth-order valence-electron chi connectivity index (χ4n) is 3.55. The maximum atomic E-state index is 5.84. The van der Waals surface area contributed by atoms with Gasteiger partial charge >= 0.3 is 0 Å². The molecule has 0 spiro atoms. The van der Waals surface area contributed by atoms with Crippen molar-refractivity contribution in [1.29, 1.82) is 0 Å². The summed E-state index contributed by atoms with van der Waals surface area (Å²) < 4.78 is 0. The van der Waals surface area contributed by atoms with Gasteiger partial charge < -0.3 is 4.90 Å². The van der Waals surface area contributed by atoms with Crippen LogP contribution in [0.5, 0.6) is 0 Å². The molecule has 0 aromatic heterocycles. The molecule has 3 N–H and O–H groups in total. The predicted octanol–water partition coefficient (Wildman–Crippen LogP) is 3.05. The first kappa shape index (κ1) is 15.9. The number of hydrogen-bond acceptors (Lipinski definition) is 3. The Labute approximate surface area is 113 Å². The Kier molecular flexibility index (Phi) is 7.20. The standard InChI is InChI=1S/C15H33N3/c1-4-5-6-7-8-11-14(17-16)15(18(2)3)12-9-10-13-15/h14,17H,4-13,16H2,1-3H3. The van der Waals surface area contributed by atoms with Gasteiger partial charge in [0.05, 0.1) is 0 Å². The average molecular weight is 255 g/mol. The zero-order valence-corrected chi connectivity index (χ0v) is 12.7. The van der Waals surface area contributed by atoms with Crippen LogP contribution in [-0.2, 0) is 0 Å². The summed E-state index contributed by atoms with van der Waals surface area (Å²) >= 11 is 0. The zero-order chi connectivity index (χ0) is 13.4. The van der Waals surface area contributed by atoms with Crippen molar-refractivity contribution in [2.45, 2.75) is 82.7 Å². The second-order valence-electron chi connectivity index (χ2n) is 6.13. The Morgan fingerprint density at radius 1 is 1.11 bits per heavy atom. The van der Waals surface area contributed by atoms with Crippen molar-refractivity contribution in [2.24, 2.45) is 5.84 Å². The van der Waals surface area contributed by atoms with E-state index in [-0.39, 0.29) is 0 Å². The average Bonchev–Trinajstić information content (AvgIpc) is 2.84. The quantitative estimate of drug-likeness (QED) is 0.378. The molecule has 0 amide bonds. The zero-order valence-electron chi connectivity index (χ0n) is 12.7. The van der Waals surface area contributed by atoms with E-state index in [4.69, 9.17) is 5.84 Å². The lowest BCUT2D eigenvalue weighted by molar-refractivity contribution is 0.0985. The Bertz CT molecular complexity index is 210. The molecule has 1 unspecified atom stereocenters. The van der Waals surface area contributed by atoms with E-state index in [0.29, 0.717) is 11.6 Å². The van der Waals surface area contributed by atoms with Crippen molar-refractivity contribution in [3.63, 3.8) is 0 Å². The lowest BCUT2D eigenvalue weighted by Crippen LogP contribution is -2.59. The van der Waals surface area contributed by atoms with Crippen molar-refractivity contribution in [3.8, 4) is 0 Å². The maximum Gasteiger partial charge on any atom is 0.0394 e. The Hall–Kier alpha value is -0.120. The molecular weight excluding hydrogens is 222 g/mol. The summed E-state index contributed by atoms with van der Waals surface area (Å²) in [4.78, 5) is 2.41. The Balaban J connectivity index is 2.42. The molecular formula is C15H33N3. The van der Waals surface area contributed by atoms with Crippen LogP contribution in [0.1, 0.15) is 71.1 Å². The highest BCUT2D eigenvalue weighted by molar-refractivity contribution is 5.01. The van der Waals surface area contributed by atoms with Crippen LogP contribution >= 0.6 is 0 Å². The Morgan fingerprint density at radius 3 is 2.22 bits per heavy atom. The highest BCUT2D eigenvalue weighted by Crippen LogP contribution is 2.38. The summed E-state index contributed by atoms with van der Waals surface area (Å²) in [5.41, 5.74) is 3.42. The van der Waals surface area contributed by atoms with Crippen LogP contribution < -0.4 is 11.3 Å². The summed E-state index contributed by atoms with van der Waals surface area (Å²) in [6.07, 6.45) is 13.3. The van der Waals surface area contributed by atoms with Crippen molar-refractivity contribution in [1.82, 2.24) is 10.3 Å². The summed E-state index contributed by atoms with van der Waals surface area (Å²) in [5, 5.41) is 0. The van der Waals surface area contributed by atoms with Crippen LogP contribution in [0.2, 0.25) is 0 Å². The molecule has 3 heteroatoms. The number of nitrogens with one attached hydrogen (secondary N) is 1. The number of nitrogens with zero attached hydrogens (tertiary/aromatic N) is 1. The molecule has 1 fully saturated rings. The van der Waals surface area contributed by atoms with Gasteiger partial charge in [-0.25, -0.2) is 0 Å². The third kappa shape index (κ3) is 3.94. The van der Waals surface area contributed by atoms with Gasteiger partial charge in [-0.3, -0.25) is 11.3 Å². The van der Waals surface area contributed by atoms with Crippen LogP contribution in [0.25, 0.3) is 0 Å². The third-order valence-electron chi connectivity index (χ3n) is 4.81. The van der Waals surface area contributed by atoms with Crippen LogP contribution in [0.3, 0.4) is 0 Å². The second kappa shape index (κ2) is 8.13. The van der Waals surface area contributed by atoms with E-state index in [0.717, 1.165) is 0 Å². The molecule has 1 aliphatic carbocycles. The van der Waals surface area contributed by atoms with E-state index in [2.05, 4.69) is 31.3 Å². The van der Waals surface area contributed by atoms with Crippen molar-refractivity contribution in [3.05, 3.63) is 0 Å². The summed E-state index contributed by atoms with van der Waals surface area (Å²) in [6.45, 7) is 2.27. The molecule has 0 bridgehead atoms. The molecule has 0 aliphatic heterocycles. The second-order valence-corrected chi connectivity index (χ2v) is 6.13. The van der Waals surface area contributed by atoms with E-state index in [9.17, 15) is 0 Å². The highest BCUT2D eigenvalue weighted by atomic mass is 15.3. The van der Waals surface area contributed by atoms with Gasteiger partial charge in [0.25, 0.3) is 0 Å². The van der Waals surface area contributed by atoms with E-state index < -0.39 is 0 Å². The maximum absolute atomic E-state index is 5.84. The van der Waals surface area contributed by atoms with Gasteiger partial charge in [-0.05, 0) is 33.4 Å². The molecule has 0 aromatic rings. The number of rotatable bonds is 9. The molecule has 1 aliphatic rings. The van der Waals surface area contributed by atoms with E-state index in [1.54, 1.807) is 0 Å². The van der Waals surface area contributed by atoms with Crippen LogP contribution in [0.4, 0.5) is 0 Å². The topological polar surface area (TPSA) is 41.3 Å². The fourth-order valence-corrected chi connectivity index (χ4v) is 3.55. The molecule has 1 saturated carbocycles. The van der Waals surface area contributed by atoms with E-state index in [1.807, 2.05) is 0 Å². The lowest BCUT2D eigenvalue weighted by Gasteiger charge is -2.43. The molecule has 0 radical (unpaired) electrons. The van der Waals surface area contributed by atoms with Crippen molar-refractivity contribution in [2.75, 3.05) is 14.1 Å². The summed E-state index contributed by atoms with van der Waals surface area (Å²) in [5.74, 6) is 5.84. The number of hydrogen-bond donors (Lipinski definition) is 2. The number of likely N-dealkylation sites (N-methyl/N-ethyl adjacent to an activating group) is 1. The first-order chi connectivity index (χ1) is 8.67. The molecule has 1 atom stereocenters. The first-order valence-corrected chi connectivity index (χ1v) is 7.81. The Morgan fingerprint density at radius 2 is 1.72 bits per heavy atom. The minimum atomic E-state index is 0.305. The third-order valence-corrected chi connectivity index (χ3v) is 4.81. The highest BCUT2D eigenvalue weighted by Gasteiger charge is 2.42. The molecule has 3 nitrogen and oxygen atoms in total. The molecule has 18 heavy (non-hydrogen) atoms. The van der Waals surface area contributed by atoms with Gasteiger partial charge in [0, 0.05) is 11.6 Å². The molecule has 0 aromatic carbocycles. The molecule has 1 rings (SSSR count). The minimum absolute atomic E-state index is 0.305. The minimum Gasteiger partial charge on any atom is -0.302 e. The molecule has 108 valence electrons. The smallest absolute Gasteiger partial charge is 0.0394 e. The largest absolute Gasteiger partial charge is 0.302 e. The fraction of sp³-hybridized carbons (Fsp3) is 1.00. The normalized spacial score (nSPS) is 20.5. The van der Waals surface area contributed by atoms with Crippen LogP contribution in [0, 0.1) is 0 Å². The SMILES string of the molecule is CCCCCCCC(NN)C1(N(C)C)CCCC1. The number of hydrazine groups is 1. The number of unbranched alkanes of at least 4 members (excludes halogenated alkanes) is 4. The number of nitrogens with two attached hydrogens (primary N) is 1. The predicted molar refractivity (Wildman–Crippen MR) is 79.4 cm³/mol. The van der Waals surface area contributed by atoms with Gasteiger partial charge in [0.1, 0.15) is 0 Å².